The van der Waals surface area contributed by atoms with Gasteiger partial charge < -0.3 is 10.4 Å². The van der Waals surface area contributed by atoms with E-state index in [-0.39, 0.29) is 23.6 Å². The molecule has 1 amide bonds. The van der Waals surface area contributed by atoms with Crippen molar-refractivity contribution in [1.29, 1.82) is 0 Å². The molecule has 24 heavy (non-hydrogen) atoms. The Bertz CT molecular complexity index is 759. The molecule has 0 radical (unpaired) electrons. The largest absolute Gasteiger partial charge is 0.392 e. The number of aliphatic hydroxyl groups is 1. The minimum atomic E-state index is -0.638. The normalized spacial score (nSPS) is 19.2. The minimum Gasteiger partial charge on any atom is -0.392 e. The number of aliphatic hydroxyl groups excluding tert-OH is 1. The maximum absolute atomic E-state index is 13.7. The van der Waals surface area contributed by atoms with Crippen molar-refractivity contribution < 1.29 is 23.1 Å². The summed E-state index contributed by atoms with van der Waals surface area (Å²) in [6, 6.07) is 7.86. The number of carbonyl (C=O) groups excluding carboxylic acids is 1. The monoisotopic (exact) mass is 335 g/mol. The van der Waals surface area contributed by atoms with Gasteiger partial charge in [0.2, 0.25) is 5.91 Å². The predicted molar refractivity (Wildman–Crippen MR) is 81.4 cm³/mol. The molecule has 0 bridgehead atoms. The first-order valence-corrected chi connectivity index (χ1v) is 7.61. The Morgan fingerprint density at radius 2 is 1.83 bits per heavy atom. The van der Waals surface area contributed by atoms with Gasteiger partial charge in [-0.15, -0.1) is 0 Å². The molecule has 2 aromatic rings. The topological polar surface area (TPSA) is 49.3 Å². The van der Waals surface area contributed by atoms with Crippen LogP contribution in [0.25, 0.3) is 0 Å². The van der Waals surface area contributed by atoms with Gasteiger partial charge in [0.15, 0.2) is 0 Å². The molecule has 3 nitrogen and oxygen atoms in total. The zero-order chi connectivity index (χ0) is 17.3. The van der Waals surface area contributed by atoms with Crippen LogP contribution in [-0.4, -0.2) is 11.0 Å². The second kappa shape index (κ2) is 6.65. The van der Waals surface area contributed by atoms with Gasteiger partial charge in [-0.05, 0) is 36.2 Å². The molecule has 2 unspecified atom stereocenters. The van der Waals surface area contributed by atoms with E-state index >= 15 is 0 Å². The van der Waals surface area contributed by atoms with Crippen LogP contribution in [0.5, 0.6) is 0 Å². The van der Waals surface area contributed by atoms with Crippen LogP contribution in [0.4, 0.5) is 13.2 Å². The average molecular weight is 335 g/mol. The van der Waals surface area contributed by atoms with E-state index in [1.807, 2.05) is 0 Å². The van der Waals surface area contributed by atoms with Crippen molar-refractivity contribution in [2.45, 2.75) is 25.5 Å². The van der Waals surface area contributed by atoms with Crippen molar-refractivity contribution in [2.24, 2.45) is 5.92 Å². The van der Waals surface area contributed by atoms with Crippen molar-refractivity contribution in [1.82, 2.24) is 5.32 Å². The summed E-state index contributed by atoms with van der Waals surface area (Å²) < 4.78 is 40.7. The lowest BCUT2D eigenvalue weighted by Crippen LogP contribution is -2.25. The summed E-state index contributed by atoms with van der Waals surface area (Å²) in [7, 11) is 0. The minimum absolute atomic E-state index is 0.0398. The SMILES string of the molecule is O=C(NCc1ccc(F)c(CO)c1)C1CC1c1c(F)cccc1F. The molecule has 0 saturated heterocycles. The third-order valence-electron chi connectivity index (χ3n) is 4.24. The third kappa shape index (κ3) is 3.28. The predicted octanol–water partition coefficient (Wildman–Crippen LogP) is 3.02. The zero-order valence-electron chi connectivity index (χ0n) is 12.7. The van der Waals surface area contributed by atoms with Gasteiger partial charge in [0.25, 0.3) is 0 Å². The van der Waals surface area contributed by atoms with Crippen molar-refractivity contribution in [3.8, 4) is 0 Å². The highest BCUT2D eigenvalue weighted by Gasteiger charge is 2.46. The van der Waals surface area contributed by atoms with Gasteiger partial charge in [0.1, 0.15) is 17.5 Å². The highest BCUT2D eigenvalue weighted by molar-refractivity contribution is 5.82. The van der Waals surface area contributed by atoms with E-state index in [9.17, 15) is 18.0 Å². The lowest BCUT2D eigenvalue weighted by molar-refractivity contribution is -0.122. The second-order valence-electron chi connectivity index (χ2n) is 5.89. The van der Waals surface area contributed by atoms with Gasteiger partial charge in [0.05, 0.1) is 6.61 Å². The van der Waals surface area contributed by atoms with E-state index in [2.05, 4.69) is 5.32 Å². The molecule has 1 aliphatic carbocycles. The van der Waals surface area contributed by atoms with Gasteiger partial charge in [-0.25, -0.2) is 13.2 Å². The molecule has 1 fully saturated rings. The molecular weight excluding hydrogens is 319 g/mol. The number of benzene rings is 2. The first-order chi connectivity index (χ1) is 11.5. The Labute approximate surface area is 137 Å². The van der Waals surface area contributed by atoms with E-state index in [1.165, 1.54) is 36.4 Å². The van der Waals surface area contributed by atoms with Crippen LogP contribution in [0.3, 0.4) is 0 Å². The first-order valence-electron chi connectivity index (χ1n) is 7.61. The lowest BCUT2D eigenvalue weighted by atomic mass is 10.1. The average Bonchev–Trinajstić information content (AvgIpc) is 3.34. The van der Waals surface area contributed by atoms with Gasteiger partial charge in [-0.2, -0.15) is 0 Å². The summed E-state index contributed by atoms with van der Waals surface area (Å²) in [6.45, 7) is -0.264. The Kier molecular flexibility index (Phi) is 4.57. The Hall–Kier alpha value is -2.34. The number of nitrogens with one attached hydrogen (secondary N) is 1. The fraction of sp³-hybridized carbons (Fsp3) is 0.278. The molecule has 2 N–H and O–H groups in total. The lowest BCUT2D eigenvalue weighted by Gasteiger charge is -2.08. The van der Waals surface area contributed by atoms with Gasteiger partial charge in [0, 0.05) is 29.5 Å². The number of rotatable bonds is 5. The maximum atomic E-state index is 13.7. The van der Waals surface area contributed by atoms with Gasteiger partial charge >= 0.3 is 0 Å². The number of halogens is 3. The summed E-state index contributed by atoms with van der Waals surface area (Å²) in [5, 5.41) is 11.7. The Morgan fingerprint density at radius 1 is 1.12 bits per heavy atom. The maximum Gasteiger partial charge on any atom is 0.224 e. The fourth-order valence-electron chi connectivity index (χ4n) is 2.85. The number of hydrogen-bond donors (Lipinski definition) is 2. The molecule has 2 aromatic carbocycles. The molecule has 0 heterocycles. The zero-order valence-corrected chi connectivity index (χ0v) is 12.7. The summed E-state index contributed by atoms with van der Waals surface area (Å²) >= 11 is 0. The van der Waals surface area contributed by atoms with E-state index in [0.29, 0.717) is 12.0 Å². The molecule has 0 aromatic heterocycles. The second-order valence-corrected chi connectivity index (χ2v) is 5.89. The molecule has 1 saturated carbocycles. The summed E-state index contributed by atoms with van der Waals surface area (Å²) in [5.74, 6) is -2.99. The molecule has 126 valence electrons. The molecule has 1 aliphatic rings. The highest BCUT2D eigenvalue weighted by Crippen LogP contribution is 2.49. The van der Waals surface area contributed by atoms with Crippen molar-refractivity contribution in [3.63, 3.8) is 0 Å². The smallest absolute Gasteiger partial charge is 0.224 e. The van der Waals surface area contributed by atoms with E-state index in [4.69, 9.17) is 5.11 Å². The van der Waals surface area contributed by atoms with Crippen LogP contribution in [0.2, 0.25) is 0 Å². The number of amides is 1. The molecular formula is C18H16F3NO2. The Balaban J connectivity index is 1.61. The summed E-state index contributed by atoms with van der Waals surface area (Å²) in [5.41, 5.74) is 0.754. The quantitative estimate of drug-likeness (QED) is 0.882. The van der Waals surface area contributed by atoms with Crippen LogP contribution >= 0.6 is 0 Å². The van der Waals surface area contributed by atoms with Gasteiger partial charge in [-0.3, -0.25) is 4.79 Å². The summed E-state index contributed by atoms with van der Waals surface area (Å²) in [4.78, 5) is 12.1. The van der Waals surface area contributed by atoms with Crippen molar-refractivity contribution >= 4 is 5.91 Å². The number of hydrogen-bond acceptors (Lipinski definition) is 2. The molecule has 6 heteroatoms. The van der Waals surface area contributed by atoms with Gasteiger partial charge in [-0.1, -0.05) is 12.1 Å². The van der Waals surface area contributed by atoms with Crippen molar-refractivity contribution in [2.75, 3.05) is 0 Å². The highest BCUT2D eigenvalue weighted by atomic mass is 19.1. The Morgan fingerprint density at radius 3 is 2.50 bits per heavy atom. The van der Waals surface area contributed by atoms with Crippen LogP contribution in [-0.2, 0) is 17.9 Å². The van der Waals surface area contributed by atoms with Crippen LogP contribution < -0.4 is 5.32 Å². The first kappa shape index (κ1) is 16.5. The fourth-order valence-corrected chi connectivity index (χ4v) is 2.85. The summed E-state index contributed by atoms with van der Waals surface area (Å²) in [6.07, 6.45) is 0.398. The number of carbonyl (C=O) groups is 1. The molecule has 0 spiro atoms. The van der Waals surface area contributed by atoms with Crippen LogP contribution in [0.15, 0.2) is 36.4 Å². The molecule has 2 atom stereocenters. The standard InChI is InChI=1S/C18H16F3NO2/c19-14-5-4-10(6-11(14)9-23)8-22-18(24)13-7-12(13)17-15(20)2-1-3-16(17)21/h1-6,12-13,23H,7-9H2,(H,22,24). The van der Waals surface area contributed by atoms with E-state index in [1.54, 1.807) is 0 Å². The van der Waals surface area contributed by atoms with E-state index < -0.39 is 35.9 Å². The molecule has 0 aliphatic heterocycles. The molecule has 3 rings (SSSR count). The van der Waals surface area contributed by atoms with Crippen molar-refractivity contribution in [3.05, 3.63) is 70.5 Å². The van der Waals surface area contributed by atoms with Crippen LogP contribution in [0, 0.1) is 23.4 Å². The third-order valence-corrected chi connectivity index (χ3v) is 4.24. The van der Waals surface area contributed by atoms with Crippen LogP contribution in [0.1, 0.15) is 29.0 Å². The van der Waals surface area contributed by atoms with E-state index in [0.717, 1.165) is 0 Å².